The van der Waals surface area contributed by atoms with E-state index >= 15 is 0 Å². The van der Waals surface area contributed by atoms with E-state index in [0.29, 0.717) is 115 Å². The molecule has 33 nitrogen and oxygen atoms in total. The van der Waals surface area contributed by atoms with Gasteiger partial charge in [0.15, 0.2) is 5.78 Å². The number of amides is 4. The molecule has 14 rings (SSSR count). The van der Waals surface area contributed by atoms with E-state index in [1.807, 2.05) is 182 Å². The van der Waals surface area contributed by atoms with Gasteiger partial charge in [0.05, 0.1) is 93.7 Å². The summed E-state index contributed by atoms with van der Waals surface area (Å²) in [7, 11) is 0. The number of fused-ring (bicyclic) bond motifs is 7. The van der Waals surface area contributed by atoms with E-state index in [-0.39, 0.29) is 142 Å². The number of hydrogen-bond donors (Lipinski definition) is 10. The van der Waals surface area contributed by atoms with Crippen molar-refractivity contribution in [2.24, 2.45) is 5.73 Å². The van der Waals surface area contributed by atoms with Gasteiger partial charge >= 0.3 is 54.9 Å². The number of ether oxygens (including phenoxy) is 10. The largest absolute Gasteiger partial charge is 1.00 e. The van der Waals surface area contributed by atoms with E-state index in [4.69, 9.17) is 63.3 Å². The second-order valence-electron chi connectivity index (χ2n) is 34.1. The van der Waals surface area contributed by atoms with Crippen molar-refractivity contribution in [3.8, 4) is 34.8 Å². The normalized spacial score (nSPS) is 10.7. The van der Waals surface area contributed by atoms with Crippen LogP contribution in [0.4, 0.5) is 9.59 Å². The number of pyridine rings is 3. The van der Waals surface area contributed by atoms with Crippen LogP contribution in [0.15, 0.2) is 241 Å². The van der Waals surface area contributed by atoms with Crippen LogP contribution < -0.4 is 79.8 Å². The molecule has 14 aromatic rings. The summed E-state index contributed by atoms with van der Waals surface area (Å²) < 4.78 is 55.1. The molecule has 0 atom stereocenters. The van der Waals surface area contributed by atoms with Crippen molar-refractivity contribution in [2.75, 3.05) is 98.8 Å². The maximum absolute atomic E-state index is 13.1. The van der Waals surface area contributed by atoms with E-state index in [9.17, 15) is 58.2 Å². The Balaban J connectivity index is 0.000000247. The third kappa shape index (κ3) is 37.5. The standard InChI is InChI=1S/C29H30N2O5.C28H27NO5.C21H28N2O5.C19H23NO5.C12H11NO3.C2H7NO.Li.H2O/c1-3-5-15-35-26-19-21-11-7-6-10-20(21)17-23(26)27(32)30-14-16-36-28-24(29(33)34-4-2)18-22-12-8-9-13-25(22)31-28;1-2-3-14-33-26-18-20-10-5-4-9-19(20)16-22(26)25(30)13-8-15-34-27-23(28(31)32)17-21-11-6-7-12-24(21)29-27;1-21(2,3)28-20(26)23-9-6-12-27-18-14-16-8-5-4-7-15(16)13-17(18)19(25)22-10-11-24;1-19(2,3)25-18(23)20-9-6-10-24-16-12-14-8-5-4-7-13(14)11-15(16)17(21)22;1-2-16-12(15)9-7-8-5-3-4-6-10(8)13-11(9)14;3-1-2-4;;/h6-13,17-19H,3-5,14-16H2,1-2H3,(H,30,32);4-7,9-12,16-18H,2-3,8,13-15H2,1H3,(H,31,32);4-5,7-8,13-14,24H,6,9-12H2,1-3H3,(H,22,25)(H,23,26);4-5,7-8,11-12H,6,9-10H2,1-3H3,(H,20,23)(H,21,22);3-7H,2H2,1H3,(H,13,14);4H,1-3H2;;1H2/q;;;;;;+1;/p-1. The molecule has 4 amide bonds. The first-order valence-corrected chi connectivity index (χ1v) is 47.4. The van der Waals surface area contributed by atoms with Crippen LogP contribution in [0.5, 0.6) is 34.8 Å². The minimum Gasteiger partial charge on any atom is -0.870 e. The summed E-state index contributed by atoms with van der Waals surface area (Å²) in [6, 6.07) is 72.2. The van der Waals surface area contributed by atoms with Crippen LogP contribution in [0.2, 0.25) is 0 Å². The number of carbonyl (C=O) groups excluding carboxylic acids is 7. The number of carboxylic acids is 2. The summed E-state index contributed by atoms with van der Waals surface area (Å²) in [6.07, 6.45) is 4.65. The molecule has 762 valence electrons. The number of alkyl carbamates (subject to hydrolysis) is 2. The molecule has 0 spiro atoms. The number of ketones is 1. The zero-order valence-corrected chi connectivity index (χ0v) is 83.7. The number of H-pyrrole nitrogens is 1. The monoisotopic (exact) mass is 1980 g/mol. The summed E-state index contributed by atoms with van der Waals surface area (Å²) in [4.78, 5) is 132. The molecule has 12 N–H and O–H groups in total. The molecule has 3 aromatic heterocycles. The molecular formula is C111H127LiN8O25. The molecular weight excluding hydrogens is 1850 g/mol. The van der Waals surface area contributed by atoms with Crippen LogP contribution in [0.1, 0.15) is 193 Å². The van der Waals surface area contributed by atoms with Gasteiger partial charge in [0, 0.05) is 48.9 Å². The topological polar surface area (TPSA) is 490 Å². The number of unbranched alkanes of at least 4 members (excludes halogenated alkanes) is 2. The zero-order chi connectivity index (χ0) is 103. The van der Waals surface area contributed by atoms with Gasteiger partial charge < -0.3 is 105 Å². The summed E-state index contributed by atoms with van der Waals surface area (Å²) in [5.74, 6) is -1.64. The van der Waals surface area contributed by atoms with Crippen LogP contribution in [0, 0.1) is 0 Å². The van der Waals surface area contributed by atoms with Crippen molar-refractivity contribution in [3.05, 3.63) is 286 Å². The number of carboxylic acid groups (broad SMARTS) is 2. The van der Waals surface area contributed by atoms with E-state index in [2.05, 4.69) is 50.1 Å². The molecule has 0 aliphatic heterocycles. The quantitative estimate of drug-likeness (QED) is 0.00562. The molecule has 34 heteroatoms. The second kappa shape index (κ2) is 60.3. The van der Waals surface area contributed by atoms with Crippen LogP contribution in [-0.2, 0) is 18.9 Å². The van der Waals surface area contributed by atoms with Gasteiger partial charge in [-0.05, 0) is 221 Å². The Morgan fingerprint density at radius 2 is 0.683 bits per heavy atom. The average Bonchev–Trinajstić information content (AvgIpc) is 0.810. The van der Waals surface area contributed by atoms with Crippen LogP contribution in [-0.4, -0.2) is 205 Å². The molecule has 0 bridgehead atoms. The first-order chi connectivity index (χ1) is 68.9. The fraction of sp³-hybridized carbons (Fsp3) is 0.315. The molecule has 145 heavy (non-hydrogen) atoms. The maximum Gasteiger partial charge on any atom is 1.00 e. The molecule has 0 aliphatic carbocycles. The van der Waals surface area contributed by atoms with Gasteiger partial charge in [-0.3, -0.25) is 19.2 Å². The van der Waals surface area contributed by atoms with Crippen molar-refractivity contribution in [1.82, 2.24) is 36.2 Å². The number of nitrogens with two attached hydrogens (primary N) is 1. The van der Waals surface area contributed by atoms with Gasteiger partial charge in [-0.2, -0.15) is 0 Å². The Morgan fingerprint density at radius 3 is 1.09 bits per heavy atom. The number of aliphatic hydroxyl groups excluding tert-OH is 2. The molecule has 0 radical (unpaired) electrons. The van der Waals surface area contributed by atoms with Crippen LogP contribution >= 0.6 is 0 Å². The summed E-state index contributed by atoms with van der Waals surface area (Å²) in [5, 5.41) is 56.4. The first kappa shape index (κ1) is 117. The van der Waals surface area contributed by atoms with Crippen LogP contribution in [0.25, 0.3) is 75.8 Å². The number of rotatable bonds is 39. The van der Waals surface area contributed by atoms with Gasteiger partial charge in [0.2, 0.25) is 11.8 Å². The van der Waals surface area contributed by atoms with Crippen molar-refractivity contribution in [3.63, 3.8) is 0 Å². The second-order valence-corrected chi connectivity index (χ2v) is 34.1. The Morgan fingerprint density at radius 1 is 0.359 bits per heavy atom. The number of Topliss-reactive ketones (excluding diaryl/α,β-unsaturated/α-hetero) is 1. The molecule has 0 saturated carbocycles. The molecule has 0 saturated heterocycles. The SMILES string of the molecule is CC(C)(C)OC(=O)NCCCOc1cc2ccccc2cc1C(=O)NCCO.CC(C)(C)OC(=O)NCCCOc1cc2ccccc2cc1C(=O)O.CCCCOc1cc2ccccc2cc1C(=O)CCCOc1nc2ccccc2cc1C(=O)O.CCCCOc1cc2ccccc2cc1C(=O)NCCOc1nc2ccccc2cc1C(=O)OCC.CCOC(=O)c1cc2ccccc2[nH]c1=O.NCCO.[Li+].[OH-]. The fourth-order valence-electron chi connectivity index (χ4n) is 13.9. The third-order valence-electron chi connectivity index (χ3n) is 20.7. The number of nitrogens with one attached hydrogen (secondary N) is 5. The first-order valence-electron chi connectivity index (χ1n) is 47.4. The third-order valence-corrected chi connectivity index (χ3v) is 20.7. The van der Waals surface area contributed by atoms with Gasteiger partial charge in [0.25, 0.3) is 17.4 Å². The summed E-state index contributed by atoms with van der Waals surface area (Å²) in [6.45, 7) is 22.5. The minimum absolute atomic E-state index is 0. The van der Waals surface area contributed by atoms with Crippen molar-refractivity contribution < 1.29 is 135 Å². The number of aromatic amines is 1. The number of aromatic carboxylic acids is 2. The van der Waals surface area contributed by atoms with Gasteiger partial charge in [0.1, 0.15) is 63.1 Å². The summed E-state index contributed by atoms with van der Waals surface area (Å²) >= 11 is 0. The van der Waals surface area contributed by atoms with E-state index in [1.165, 1.54) is 0 Å². The Labute approximate surface area is 853 Å². The Bertz CT molecular complexity index is 6720. The molecule has 3 heterocycles. The van der Waals surface area contributed by atoms with Crippen molar-refractivity contribution >= 4 is 129 Å². The number of para-hydroxylation sites is 3. The minimum atomic E-state index is -1.10. The van der Waals surface area contributed by atoms with Crippen LogP contribution in [0.3, 0.4) is 0 Å². The van der Waals surface area contributed by atoms with Crippen molar-refractivity contribution in [1.29, 1.82) is 0 Å². The number of hydrogen-bond acceptors (Lipinski definition) is 26. The predicted octanol–water partition coefficient (Wildman–Crippen LogP) is 16.0. The molecule has 0 unspecified atom stereocenters. The van der Waals surface area contributed by atoms with Gasteiger partial charge in [-0.25, -0.2) is 38.7 Å². The summed E-state index contributed by atoms with van der Waals surface area (Å²) in [5.41, 5.74) is 7.22. The number of carbonyl (C=O) groups is 9. The fourth-order valence-corrected chi connectivity index (χ4v) is 13.9. The number of aromatic nitrogens is 3. The average molecular weight is 1980 g/mol. The van der Waals surface area contributed by atoms with Crippen molar-refractivity contribution in [2.45, 2.75) is 132 Å². The zero-order valence-electron chi connectivity index (χ0n) is 83.7. The Hall–Kier alpha value is -15.2. The maximum atomic E-state index is 13.1. The number of nitrogens with zero attached hydrogens (tertiary/aromatic N) is 2. The molecule has 0 fully saturated rings. The number of benzene rings is 11. The van der Waals surface area contributed by atoms with E-state index in [0.717, 1.165) is 84.9 Å². The van der Waals surface area contributed by atoms with E-state index < -0.39 is 52.8 Å². The molecule has 0 aliphatic rings. The van der Waals surface area contributed by atoms with Gasteiger partial charge in [-0.15, -0.1) is 0 Å². The smallest absolute Gasteiger partial charge is 0.870 e. The predicted molar refractivity (Wildman–Crippen MR) is 554 cm³/mol. The Kier molecular flexibility index (Phi) is 48.5. The number of aliphatic hydroxyl groups is 2. The van der Waals surface area contributed by atoms with Gasteiger partial charge in [-0.1, -0.05) is 178 Å². The van der Waals surface area contributed by atoms with E-state index in [1.54, 1.807) is 110 Å². The number of esters is 2. The molecule has 11 aromatic carbocycles.